The number of hydrogen-bond acceptors (Lipinski definition) is 4. The topological polar surface area (TPSA) is 84.5 Å². The summed E-state index contributed by atoms with van der Waals surface area (Å²) in [6.45, 7) is 3.22. The lowest BCUT2D eigenvalue weighted by atomic mass is 10.3. The van der Waals surface area contributed by atoms with E-state index in [4.69, 9.17) is 27.9 Å². The molecule has 140 valence electrons. The number of rotatable bonds is 7. The average Bonchev–Trinajstić information content (AvgIpc) is 2.53. The van der Waals surface area contributed by atoms with Crippen molar-refractivity contribution in [3.63, 3.8) is 0 Å². The minimum absolute atomic E-state index is 0.119. The van der Waals surface area contributed by atoms with Gasteiger partial charge in [0, 0.05) is 16.8 Å². The molecule has 0 heterocycles. The van der Waals surface area contributed by atoms with Gasteiger partial charge >= 0.3 is 0 Å². The summed E-state index contributed by atoms with van der Waals surface area (Å²) < 4.78 is 31.9. The van der Waals surface area contributed by atoms with Crippen LogP contribution in [-0.4, -0.2) is 27.0 Å². The zero-order valence-corrected chi connectivity index (χ0v) is 16.5. The zero-order chi connectivity index (χ0) is 19.3. The molecule has 0 aliphatic carbocycles. The fraction of sp³-hybridized carbons (Fsp3) is 0.235. The number of sulfonamides is 1. The first kappa shape index (κ1) is 20.5. The van der Waals surface area contributed by atoms with E-state index in [1.165, 1.54) is 30.3 Å². The monoisotopic (exact) mass is 416 g/mol. The summed E-state index contributed by atoms with van der Waals surface area (Å²) in [5.74, 6) is -0.0700. The Morgan fingerprint density at radius 1 is 1.12 bits per heavy atom. The van der Waals surface area contributed by atoms with Gasteiger partial charge in [0.1, 0.15) is 5.75 Å². The van der Waals surface area contributed by atoms with Crippen LogP contribution < -0.4 is 14.8 Å². The number of halogens is 2. The molecule has 0 radical (unpaired) electrons. The van der Waals surface area contributed by atoms with Crippen molar-refractivity contribution in [2.24, 2.45) is 0 Å². The van der Waals surface area contributed by atoms with Crippen LogP contribution in [0.25, 0.3) is 0 Å². The summed E-state index contributed by atoms with van der Waals surface area (Å²) in [7, 11) is -3.57. The Kier molecular flexibility index (Phi) is 6.88. The van der Waals surface area contributed by atoms with E-state index in [1.807, 2.05) is 0 Å². The van der Waals surface area contributed by atoms with Gasteiger partial charge in [-0.1, -0.05) is 23.2 Å². The molecule has 2 aromatic rings. The van der Waals surface area contributed by atoms with Crippen molar-refractivity contribution in [1.29, 1.82) is 0 Å². The Bertz CT molecular complexity index is 884. The van der Waals surface area contributed by atoms with E-state index in [-0.39, 0.29) is 17.5 Å². The molecule has 0 aliphatic heterocycles. The van der Waals surface area contributed by atoms with Crippen molar-refractivity contribution in [1.82, 2.24) is 4.72 Å². The maximum absolute atomic E-state index is 12.1. The molecule has 0 saturated carbocycles. The lowest BCUT2D eigenvalue weighted by molar-refractivity contribution is -0.118. The van der Waals surface area contributed by atoms with E-state index < -0.39 is 15.9 Å². The van der Waals surface area contributed by atoms with Gasteiger partial charge in [-0.25, -0.2) is 13.1 Å². The van der Waals surface area contributed by atoms with Crippen LogP contribution in [0.2, 0.25) is 10.0 Å². The molecule has 0 aromatic heterocycles. The Morgan fingerprint density at radius 2 is 1.77 bits per heavy atom. The Morgan fingerprint density at radius 3 is 2.35 bits per heavy atom. The van der Waals surface area contributed by atoms with E-state index >= 15 is 0 Å². The predicted molar refractivity (Wildman–Crippen MR) is 102 cm³/mol. The van der Waals surface area contributed by atoms with E-state index in [9.17, 15) is 13.2 Å². The molecule has 1 amide bonds. The number of benzene rings is 2. The Balaban J connectivity index is 1.95. The molecule has 2 aromatic carbocycles. The van der Waals surface area contributed by atoms with Gasteiger partial charge < -0.3 is 10.1 Å². The molecule has 0 fully saturated rings. The van der Waals surface area contributed by atoms with Crippen LogP contribution in [0.1, 0.15) is 13.8 Å². The number of amides is 1. The Hall–Kier alpha value is -1.80. The summed E-state index contributed by atoms with van der Waals surface area (Å²) in [4.78, 5) is 12.1. The number of carbonyl (C=O) groups excluding carboxylic acids is 1. The van der Waals surface area contributed by atoms with Gasteiger partial charge in [-0.15, -0.1) is 0 Å². The molecule has 2 rings (SSSR count). The third-order valence-electron chi connectivity index (χ3n) is 3.09. The van der Waals surface area contributed by atoms with E-state index in [0.29, 0.717) is 21.5 Å². The first-order valence-electron chi connectivity index (χ1n) is 7.67. The lowest BCUT2D eigenvalue weighted by Crippen LogP contribution is -2.30. The number of hydrogen-bond donors (Lipinski definition) is 2. The Labute approximate surface area is 162 Å². The summed E-state index contributed by atoms with van der Waals surface area (Å²) >= 11 is 11.8. The molecule has 2 N–H and O–H groups in total. The van der Waals surface area contributed by atoms with Crippen molar-refractivity contribution < 1.29 is 17.9 Å². The molecule has 26 heavy (non-hydrogen) atoms. The second-order valence-electron chi connectivity index (χ2n) is 5.71. The summed E-state index contributed by atoms with van der Waals surface area (Å²) in [6, 6.07) is 10.3. The molecule has 0 spiro atoms. The highest BCUT2D eigenvalue weighted by atomic mass is 35.5. The number of anilines is 1. The SMILES string of the molecule is CC(C)NS(=O)(=O)c1ccc(NC(=O)COc2ccc(Cl)cc2Cl)cc1. The molecular weight excluding hydrogens is 399 g/mol. The van der Waals surface area contributed by atoms with Gasteiger partial charge in [0.15, 0.2) is 6.61 Å². The third kappa shape index (κ3) is 5.88. The van der Waals surface area contributed by atoms with Gasteiger partial charge in [-0.05, 0) is 56.3 Å². The summed E-state index contributed by atoms with van der Waals surface area (Å²) in [6.07, 6.45) is 0. The first-order valence-corrected chi connectivity index (χ1v) is 9.91. The van der Waals surface area contributed by atoms with Gasteiger partial charge in [-0.2, -0.15) is 0 Å². The third-order valence-corrected chi connectivity index (χ3v) is 5.30. The second-order valence-corrected chi connectivity index (χ2v) is 8.27. The van der Waals surface area contributed by atoms with Gasteiger partial charge in [0.2, 0.25) is 10.0 Å². The van der Waals surface area contributed by atoms with Crippen molar-refractivity contribution in [3.8, 4) is 5.75 Å². The van der Waals surface area contributed by atoms with Crippen molar-refractivity contribution in [2.45, 2.75) is 24.8 Å². The van der Waals surface area contributed by atoms with Crippen LogP contribution >= 0.6 is 23.2 Å². The van der Waals surface area contributed by atoms with Crippen LogP contribution in [0.5, 0.6) is 5.75 Å². The summed E-state index contributed by atoms with van der Waals surface area (Å²) in [5.41, 5.74) is 0.448. The van der Waals surface area contributed by atoms with Crippen molar-refractivity contribution in [3.05, 3.63) is 52.5 Å². The average molecular weight is 417 g/mol. The molecule has 0 saturated heterocycles. The highest BCUT2D eigenvalue weighted by Gasteiger charge is 2.15. The highest BCUT2D eigenvalue weighted by Crippen LogP contribution is 2.27. The smallest absolute Gasteiger partial charge is 0.262 e. The van der Waals surface area contributed by atoms with Crippen molar-refractivity contribution in [2.75, 3.05) is 11.9 Å². The van der Waals surface area contributed by atoms with Crippen LogP contribution in [-0.2, 0) is 14.8 Å². The zero-order valence-electron chi connectivity index (χ0n) is 14.1. The number of nitrogens with one attached hydrogen (secondary N) is 2. The highest BCUT2D eigenvalue weighted by molar-refractivity contribution is 7.89. The predicted octanol–water partition coefficient (Wildman–Crippen LogP) is 3.70. The number of ether oxygens (including phenoxy) is 1. The van der Waals surface area contributed by atoms with Crippen LogP contribution in [0.15, 0.2) is 47.4 Å². The van der Waals surface area contributed by atoms with E-state index in [2.05, 4.69) is 10.0 Å². The van der Waals surface area contributed by atoms with Gasteiger partial charge in [0.25, 0.3) is 5.91 Å². The maximum Gasteiger partial charge on any atom is 0.262 e. The fourth-order valence-electron chi connectivity index (χ4n) is 2.03. The van der Waals surface area contributed by atoms with E-state index in [0.717, 1.165) is 0 Å². The molecule has 0 bridgehead atoms. The quantitative estimate of drug-likeness (QED) is 0.720. The number of carbonyl (C=O) groups is 1. The van der Waals surface area contributed by atoms with Crippen molar-refractivity contribution >= 4 is 44.8 Å². The minimum atomic E-state index is -3.57. The van der Waals surface area contributed by atoms with E-state index in [1.54, 1.807) is 26.0 Å². The normalized spacial score (nSPS) is 11.4. The second kappa shape index (κ2) is 8.73. The molecule has 9 heteroatoms. The molecule has 0 aliphatic rings. The van der Waals surface area contributed by atoms with Crippen LogP contribution in [0.4, 0.5) is 5.69 Å². The minimum Gasteiger partial charge on any atom is -0.482 e. The lowest BCUT2D eigenvalue weighted by Gasteiger charge is -2.11. The molecular formula is C17H18Cl2N2O4S. The first-order chi connectivity index (χ1) is 12.2. The van der Waals surface area contributed by atoms with Crippen LogP contribution in [0.3, 0.4) is 0 Å². The fourth-order valence-corrected chi connectivity index (χ4v) is 3.74. The molecule has 6 nitrogen and oxygen atoms in total. The largest absolute Gasteiger partial charge is 0.482 e. The van der Waals surface area contributed by atoms with Crippen LogP contribution in [0, 0.1) is 0 Å². The standard InChI is InChI=1S/C17H18Cl2N2O4S/c1-11(2)21-26(23,24)14-6-4-13(5-7-14)20-17(22)10-25-16-8-3-12(18)9-15(16)19/h3-9,11,21H,10H2,1-2H3,(H,20,22). The maximum atomic E-state index is 12.1. The van der Waals surface area contributed by atoms with Gasteiger partial charge in [-0.3, -0.25) is 4.79 Å². The molecule has 0 atom stereocenters. The van der Waals surface area contributed by atoms with Gasteiger partial charge in [0.05, 0.1) is 9.92 Å². The summed E-state index contributed by atoms with van der Waals surface area (Å²) in [5, 5.41) is 3.38. The molecule has 0 unspecified atom stereocenters.